The minimum Gasteiger partial charge on any atom is -0.289 e. The smallest absolute Gasteiger partial charge is 0.00134 e. The van der Waals surface area contributed by atoms with Crippen molar-refractivity contribution in [3.05, 3.63) is 0 Å². The fourth-order valence-corrected chi connectivity index (χ4v) is 0.0722. The van der Waals surface area contributed by atoms with Crippen LogP contribution in [0.3, 0.4) is 0 Å². The van der Waals surface area contributed by atoms with Gasteiger partial charge in [-0.25, -0.2) is 0 Å². The van der Waals surface area contributed by atoms with E-state index in [4.69, 9.17) is 12.8 Å². The van der Waals surface area contributed by atoms with Gasteiger partial charge in [-0.15, -0.1) is 12.8 Å². The summed E-state index contributed by atoms with van der Waals surface area (Å²) >= 11 is 0. The number of hydrogen-bond donors (Lipinski definition) is 0. The van der Waals surface area contributed by atoms with Crippen molar-refractivity contribution in [3.8, 4) is 36.5 Å². The van der Waals surface area contributed by atoms with Gasteiger partial charge in [0.15, 0.2) is 0 Å². The molecule has 0 aliphatic heterocycles. The van der Waals surface area contributed by atoms with E-state index in [1.807, 2.05) is 0 Å². The van der Waals surface area contributed by atoms with Crippen LogP contribution in [0.25, 0.3) is 0 Å². The Labute approximate surface area is 77.3 Å². The summed E-state index contributed by atoms with van der Waals surface area (Å²) < 4.78 is 2.23. The second kappa shape index (κ2) is 10.1. The summed E-state index contributed by atoms with van der Waals surface area (Å²) in [5, 5.41) is 0. The standard InChI is InChI=1S/C6H2.C4H12NP/c1-3-5-6-4-2;1-5(2)6(3)4/h1-2H;1-4H3. The minimum atomic E-state index is 0.174. The monoisotopic (exact) mass is 179 g/mol. The van der Waals surface area contributed by atoms with E-state index in [0.29, 0.717) is 0 Å². The maximum atomic E-state index is 4.70. The Hall–Kier alpha value is -0.930. The van der Waals surface area contributed by atoms with Gasteiger partial charge in [0.1, 0.15) is 0 Å². The first-order chi connectivity index (χ1) is 5.56. The molecule has 0 bridgehead atoms. The second-order valence-electron chi connectivity index (χ2n) is 2.23. The van der Waals surface area contributed by atoms with Crippen LogP contribution in [0.15, 0.2) is 0 Å². The van der Waals surface area contributed by atoms with Gasteiger partial charge in [-0.2, -0.15) is 0 Å². The van der Waals surface area contributed by atoms with Crippen LogP contribution in [-0.4, -0.2) is 32.1 Å². The van der Waals surface area contributed by atoms with Crippen LogP contribution in [-0.2, 0) is 0 Å². The zero-order valence-corrected chi connectivity index (χ0v) is 8.94. The lowest BCUT2D eigenvalue weighted by Gasteiger charge is -2.12. The summed E-state index contributed by atoms with van der Waals surface area (Å²) in [4.78, 5) is 0. The molecule has 1 nitrogen and oxygen atoms in total. The molecule has 0 amide bonds. The Morgan fingerprint density at radius 3 is 1.33 bits per heavy atom. The normalized spacial score (nSPS) is 7.00. The fourth-order valence-electron chi connectivity index (χ4n) is 0.0722. The van der Waals surface area contributed by atoms with Gasteiger partial charge in [0, 0.05) is 0 Å². The second-order valence-corrected chi connectivity index (χ2v) is 4.73. The van der Waals surface area contributed by atoms with Gasteiger partial charge in [-0.05, 0) is 59.2 Å². The first-order valence-corrected chi connectivity index (χ1v) is 5.51. The minimum absolute atomic E-state index is 0.174. The molecule has 12 heavy (non-hydrogen) atoms. The van der Waals surface area contributed by atoms with Crippen LogP contribution in [0.2, 0.25) is 0 Å². The fraction of sp³-hybridized carbons (Fsp3) is 0.400. The van der Waals surface area contributed by atoms with Gasteiger partial charge in [-0.3, -0.25) is 4.67 Å². The summed E-state index contributed by atoms with van der Waals surface area (Å²) in [6.45, 7) is 4.46. The Morgan fingerprint density at radius 2 is 1.25 bits per heavy atom. The molecule has 0 aromatic heterocycles. The lowest BCUT2D eigenvalue weighted by molar-refractivity contribution is 0.684. The van der Waals surface area contributed by atoms with Gasteiger partial charge < -0.3 is 0 Å². The maximum Gasteiger partial charge on any atom is -0.00134 e. The van der Waals surface area contributed by atoms with Crippen molar-refractivity contribution < 1.29 is 0 Å². The van der Waals surface area contributed by atoms with Crippen LogP contribution in [0.5, 0.6) is 0 Å². The molecule has 0 rings (SSSR count). The highest BCUT2D eigenvalue weighted by Gasteiger charge is 1.89. The summed E-state index contributed by atoms with van der Waals surface area (Å²) in [6, 6.07) is 0. The van der Waals surface area contributed by atoms with Crippen molar-refractivity contribution in [2.45, 2.75) is 0 Å². The molecule has 0 aromatic rings. The third-order valence-electron chi connectivity index (χ3n) is 1.01. The number of rotatable bonds is 1. The van der Waals surface area contributed by atoms with E-state index in [9.17, 15) is 0 Å². The van der Waals surface area contributed by atoms with Crippen molar-refractivity contribution in [3.63, 3.8) is 0 Å². The van der Waals surface area contributed by atoms with E-state index in [2.05, 4.69) is 55.8 Å². The molecule has 0 spiro atoms. The van der Waals surface area contributed by atoms with Gasteiger partial charge in [-0.1, -0.05) is 0 Å². The quantitative estimate of drug-likeness (QED) is 0.435. The third kappa shape index (κ3) is 16.0. The van der Waals surface area contributed by atoms with E-state index in [0.717, 1.165) is 0 Å². The molecule has 0 aliphatic carbocycles. The van der Waals surface area contributed by atoms with Crippen LogP contribution in [0.4, 0.5) is 0 Å². The third-order valence-corrected chi connectivity index (χ3v) is 2.61. The zero-order valence-electron chi connectivity index (χ0n) is 8.05. The van der Waals surface area contributed by atoms with Gasteiger partial charge >= 0.3 is 0 Å². The lowest BCUT2D eigenvalue weighted by Crippen LogP contribution is -2.00. The van der Waals surface area contributed by atoms with E-state index >= 15 is 0 Å². The van der Waals surface area contributed by atoms with Gasteiger partial charge in [0.05, 0.1) is 0 Å². The number of hydrogen-bond acceptors (Lipinski definition) is 1. The summed E-state index contributed by atoms with van der Waals surface area (Å²) in [5.41, 5.74) is 0. The van der Waals surface area contributed by atoms with Crippen molar-refractivity contribution in [2.75, 3.05) is 27.4 Å². The average Bonchev–Trinajstić information content (AvgIpc) is 2.02. The highest BCUT2D eigenvalue weighted by molar-refractivity contribution is 7.53. The lowest BCUT2D eigenvalue weighted by atomic mass is 10.6. The molecular weight excluding hydrogens is 165 g/mol. The van der Waals surface area contributed by atoms with Crippen molar-refractivity contribution in [2.24, 2.45) is 0 Å². The largest absolute Gasteiger partial charge is 0.289 e. The molecule has 0 N–H and O–H groups in total. The first kappa shape index (κ1) is 13.6. The van der Waals surface area contributed by atoms with Crippen molar-refractivity contribution >= 4 is 8.07 Å². The molecule has 0 saturated heterocycles. The molecule has 0 radical (unpaired) electrons. The van der Waals surface area contributed by atoms with Crippen LogP contribution in [0.1, 0.15) is 0 Å². The summed E-state index contributed by atoms with van der Waals surface area (Å²) in [5.74, 6) is 8.61. The summed E-state index contributed by atoms with van der Waals surface area (Å²) in [6.07, 6.45) is 9.39. The predicted molar refractivity (Wildman–Crippen MR) is 57.9 cm³/mol. The van der Waals surface area contributed by atoms with E-state index in [1.54, 1.807) is 0 Å². The topological polar surface area (TPSA) is 3.24 Å². The van der Waals surface area contributed by atoms with E-state index in [-0.39, 0.29) is 8.07 Å². The molecule has 0 saturated carbocycles. The van der Waals surface area contributed by atoms with E-state index < -0.39 is 0 Å². The average molecular weight is 179 g/mol. The molecule has 0 heterocycles. The number of nitrogens with zero attached hydrogens (tertiary/aromatic N) is 1. The van der Waals surface area contributed by atoms with Crippen LogP contribution < -0.4 is 0 Å². The molecule has 64 valence electrons. The predicted octanol–water partition coefficient (Wildman–Crippen LogP) is 1.46. The van der Waals surface area contributed by atoms with Crippen LogP contribution in [0, 0.1) is 36.5 Å². The maximum absolute atomic E-state index is 4.70. The molecule has 0 unspecified atom stereocenters. The Balaban J connectivity index is 0. The molecule has 0 fully saturated rings. The number of terminal acetylenes is 2. The highest BCUT2D eigenvalue weighted by atomic mass is 31.1. The Bertz CT molecular complexity index is 205. The van der Waals surface area contributed by atoms with Crippen molar-refractivity contribution in [1.29, 1.82) is 0 Å². The molecule has 0 aliphatic rings. The van der Waals surface area contributed by atoms with Gasteiger partial charge in [0.2, 0.25) is 0 Å². The molecular formula is C10H14NP. The Morgan fingerprint density at radius 1 is 1.00 bits per heavy atom. The SMILES string of the molecule is C#CC#CC#C.CN(C)P(C)C. The van der Waals surface area contributed by atoms with Crippen LogP contribution >= 0.6 is 8.07 Å². The van der Waals surface area contributed by atoms with Crippen molar-refractivity contribution in [1.82, 2.24) is 4.67 Å². The molecule has 0 atom stereocenters. The first-order valence-electron chi connectivity index (χ1n) is 3.32. The van der Waals surface area contributed by atoms with Gasteiger partial charge in [0.25, 0.3) is 0 Å². The Kier molecular flexibility index (Phi) is 11.5. The van der Waals surface area contributed by atoms with E-state index in [1.165, 1.54) is 0 Å². The highest BCUT2D eigenvalue weighted by Crippen LogP contribution is 2.25. The zero-order chi connectivity index (χ0) is 9.98. The molecule has 0 aromatic carbocycles. The molecule has 2 heteroatoms. The summed E-state index contributed by atoms with van der Waals surface area (Å²) in [7, 11) is 4.38.